The first-order valence-electron chi connectivity index (χ1n) is 1.84. The fourth-order valence-corrected chi connectivity index (χ4v) is 0.384. The van der Waals surface area contributed by atoms with Gasteiger partial charge in [-0.2, -0.15) is 0 Å². The predicted octanol–water partition coefficient (Wildman–Crippen LogP) is -0.330. The molecule has 0 saturated carbocycles. The molecule has 0 saturated heterocycles. The molecule has 1 aliphatic rings. The maximum atomic E-state index is 10.0. The number of hydrogen-bond acceptors (Lipinski definition) is 1. The van der Waals surface area contributed by atoms with E-state index in [1.165, 1.54) is 6.08 Å². The van der Waals surface area contributed by atoms with Gasteiger partial charge in [-0.15, -0.1) is 0 Å². The van der Waals surface area contributed by atoms with Crippen molar-refractivity contribution < 1.29 is 37.5 Å². The Kier molecular flexibility index (Phi) is 3.48. The van der Waals surface area contributed by atoms with E-state index in [0.29, 0.717) is 6.54 Å². The smallest absolute Gasteiger partial charge is 0.243 e. The zero-order chi connectivity index (χ0) is 4.41. The molecule has 0 aromatic rings. The summed E-state index contributed by atoms with van der Waals surface area (Å²) in [5, 5.41) is 2.57. The van der Waals surface area contributed by atoms with E-state index in [9.17, 15) is 4.79 Å². The summed E-state index contributed by atoms with van der Waals surface area (Å²) in [7, 11) is 0. The molecule has 2 nitrogen and oxygen atoms in total. The summed E-state index contributed by atoms with van der Waals surface area (Å²) in [6.07, 6.45) is 3.32. The maximum Gasteiger partial charge on any atom is 0.243 e. The molecule has 1 amide bonds. The van der Waals surface area contributed by atoms with Crippen LogP contribution in [0.5, 0.6) is 0 Å². The first-order chi connectivity index (χ1) is 2.89. The minimum Gasteiger partial charge on any atom is -0.349 e. The van der Waals surface area contributed by atoms with E-state index in [-0.39, 0.29) is 38.6 Å². The Morgan fingerprint density at radius 3 is 2.57 bits per heavy atom. The summed E-state index contributed by atoms with van der Waals surface area (Å²) in [4.78, 5) is 10.0. The van der Waals surface area contributed by atoms with E-state index in [1.807, 2.05) is 0 Å². The van der Waals surface area contributed by atoms with Gasteiger partial charge in [-0.3, -0.25) is 4.79 Å². The standard InChI is InChI=1S/C4H5NO.Y/c6-4-2-1-3-5-4;/h1-2H,3H2,(H,5,6);. The molecule has 1 N–H and O–H groups in total. The largest absolute Gasteiger partial charge is 0.349 e. The maximum absolute atomic E-state index is 10.0. The van der Waals surface area contributed by atoms with Crippen LogP contribution in [0.3, 0.4) is 0 Å². The first-order valence-corrected chi connectivity index (χ1v) is 1.84. The molecule has 0 aromatic carbocycles. The molecule has 1 rings (SSSR count). The summed E-state index contributed by atoms with van der Waals surface area (Å²) in [5.74, 6) is 0.0231. The second-order valence-corrected chi connectivity index (χ2v) is 1.15. The Morgan fingerprint density at radius 1 is 1.71 bits per heavy atom. The second kappa shape index (κ2) is 3.33. The van der Waals surface area contributed by atoms with Crippen LogP contribution in [-0.2, 0) is 37.5 Å². The molecule has 0 bridgehead atoms. The Hall–Kier alpha value is 0.314. The van der Waals surface area contributed by atoms with Crippen molar-refractivity contribution >= 4 is 5.91 Å². The molecule has 0 fully saturated rings. The van der Waals surface area contributed by atoms with Crippen LogP contribution < -0.4 is 5.32 Å². The quantitative estimate of drug-likeness (QED) is 0.532. The molecule has 1 radical (unpaired) electrons. The van der Waals surface area contributed by atoms with Crippen LogP contribution in [0.25, 0.3) is 0 Å². The van der Waals surface area contributed by atoms with Crippen LogP contribution in [0.4, 0.5) is 0 Å². The third kappa shape index (κ3) is 2.20. The van der Waals surface area contributed by atoms with Crippen molar-refractivity contribution in [1.29, 1.82) is 0 Å². The summed E-state index contributed by atoms with van der Waals surface area (Å²) in [5.41, 5.74) is 0. The molecular formula is C4H5NOY. The number of amides is 1. The number of nitrogens with one attached hydrogen (secondary N) is 1. The fourth-order valence-electron chi connectivity index (χ4n) is 0.384. The summed E-state index contributed by atoms with van der Waals surface area (Å²) >= 11 is 0. The summed E-state index contributed by atoms with van der Waals surface area (Å²) < 4.78 is 0. The van der Waals surface area contributed by atoms with Gasteiger partial charge >= 0.3 is 0 Å². The summed E-state index contributed by atoms with van der Waals surface area (Å²) in [6.45, 7) is 0.707. The van der Waals surface area contributed by atoms with Crippen LogP contribution in [0.1, 0.15) is 0 Å². The van der Waals surface area contributed by atoms with Gasteiger partial charge in [0, 0.05) is 45.3 Å². The third-order valence-electron chi connectivity index (χ3n) is 0.663. The molecule has 0 atom stereocenters. The minimum atomic E-state index is 0. The Bertz CT molecular complexity index is 99.9. The SMILES string of the molecule is O=C1C=CCN1.[Y]. The van der Waals surface area contributed by atoms with E-state index < -0.39 is 0 Å². The van der Waals surface area contributed by atoms with Crippen LogP contribution in [0, 0.1) is 0 Å². The third-order valence-corrected chi connectivity index (χ3v) is 0.663. The topological polar surface area (TPSA) is 29.1 Å². The number of carbonyl (C=O) groups excluding carboxylic acids is 1. The van der Waals surface area contributed by atoms with Crippen LogP contribution in [-0.4, -0.2) is 12.5 Å². The van der Waals surface area contributed by atoms with E-state index >= 15 is 0 Å². The van der Waals surface area contributed by atoms with Crippen molar-refractivity contribution in [3.05, 3.63) is 12.2 Å². The number of carbonyl (C=O) groups is 1. The van der Waals surface area contributed by atoms with Gasteiger partial charge in [0.1, 0.15) is 0 Å². The van der Waals surface area contributed by atoms with Crippen LogP contribution in [0.15, 0.2) is 12.2 Å². The Balaban J connectivity index is 0.000000360. The monoisotopic (exact) mass is 172 g/mol. The molecule has 3 heteroatoms. The number of hydrogen-bond donors (Lipinski definition) is 1. The van der Waals surface area contributed by atoms with Crippen molar-refractivity contribution in [2.75, 3.05) is 6.54 Å². The van der Waals surface area contributed by atoms with E-state index in [1.54, 1.807) is 6.08 Å². The van der Waals surface area contributed by atoms with Crippen molar-refractivity contribution in [2.24, 2.45) is 0 Å². The normalized spacial score (nSPS) is 15.7. The van der Waals surface area contributed by atoms with Gasteiger partial charge < -0.3 is 5.32 Å². The zero-order valence-corrected chi connectivity index (χ0v) is 6.69. The fraction of sp³-hybridized carbons (Fsp3) is 0.250. The van der Waals surface area contributed by atoms with Crippen molar-refractivity contribution in [3.63, 3.8) is 0 Å². The van der Waals surface area contributed by atoms with Crippen molar-refractivity contribution in [3.8, 4) is 0 Å². The molecule has 7 heavy (non-hydrogen) atoms. The van der Waals surface area contributed by atoms with Crippen LogP contribution >= 0.6 is 0 Å². The molecule has 1 aliphatic heterocycles. The van der Waals surface area contributed by atoms with Gasteiger partial charge in [0.05, 0.1) is 0 Å². The zero-order valence-electron chi connectivity index (χ0n) is 3.85. The van der Waals surface area contributed by atoms with Crippen molar-refractivity contribution in [1.82, 2.24) is 5.32 Å². The van der Waals surface area contributed by atoms with Gasteiger partial charge in [-0.25, -0.2) is 0 Å². The first kappa shape index (κ1) is 7.31. The average Bonchev–Trinajstić information content (AvgIpc) is 1.86. The van der Waals surface area contributed by atoms with Crippen molar-refractivity contribution in [2.45, 2.75) is 0 Å². The molecule has 0 aromatic heterocycles. The van der Waals surface area contributed by atoms with E-state index in [2.05, 4.69) is 5.32 Å². The second-order valence-electron chi connectivity index (χ2n) is 1.15. The number of rotatable bonds is 0. The van der Waals surface area contributed by atoms with E-state index in [0.717, 1.165) is 0 Å². The minimum absolute atomic E-state index is 0. The molecule has 0 spiro atoms. The molecule has 0 aliphatic carbocycles. The summed E-state index contributed by atoms with van der Waals surface area (Å²) in [6, 6.07) is 0. The Labute approximate surface area is 67.2 Å². The average molecular weight is 172 g/mol. The van der Waals surface area contributed by atoms with Crippen LogP contribution in [0.2, 0.25) is 0 Å². The predicted molar refractivity (Wildman–Crippen MR) is 22.1 cm³/mol. The van der Waals surface area contributed by atoms with Gasteiger partial charge in [-0.05, 0) is 0 Å². The molecule has 1 heterocycles. The molecule has 35 valence electrons. The molecule has 0 unspecified atom stereocenters. The van der Waals surface area contributed by atoms with Gasteiger partial charge in [0.2, 0.25) is 5.91 Å². The van der Waals surface area contributed by atoms with Gasteiger partial charge in [-0.1, -0.05) is 6.08 Å². The van der Waals surface area contributed by atoms with Gasteiger partial charge in [0.25, 0.3) is 0 Å². The Morgan fingerprint density at radius 2 is 2.43 bits per heavy atom. The molecular weight excluding hydrogens is 167 g/mol. The van der Waals surface area contributed by atoms with E-state index in [4.69, 9.17) is 0 Å². The van der Waals surface area contributed by atoms with Gasteiger partial charge in [0.15, 0.2) is 0 Å².